The van der Waals surface area contributed by atoms with E-state index in [1.165, 1.54) is 0 Å². The van der Waals surface area contributed by atoms with E-state index in [9.17, 15) is 4.79 Å². The highest BCUT2D eigenvalue weighted by Gasteiger charge is 2.16. The van der Waals surface area contributed by atoms with Gasteiger partial charge in [0, 0.05) is 10.2 Å². The Balaban J connectivity index is 2.90. The summed E-state index contributed by atoms with van der Waals surface area (Å²) in [7, 11) is 0. The molecule has 0 atom stereocenters. The summed E-state index contributed by atoms with van der Waals surface area (Å²) in [6, 6.07) is 6.64. The number of nitrogens with one attached hydrogen (secondary N) is 3. The Kier molecular flexibility index (Phi) is 6.10. The van der Waals surface area contributed by atoms with Gasteiger partial charge in [-0.2, -0.15) is 10.4 Å². The van der Waals surface area contributed by atoms with Crippen molar-refractivity contribution < 1.29 is 9.53 Å². The number of nitrogens with zero attached hydrogens (tertiary/aromatic N) is 2. The van der Waals surface area contributed by atoms with Crippen LogP contribution in [0.3, 0.4) is 0 Å². The third kappa shape index (κ3) is 6.36. The molecule has 0 heterocycles. The Bertz CT molecular complexity index is 687. The van der Waals surface area contributed by atoms with E-state index < -0.39 is 17.5 Å². The number of rotatable bonds is 4. The van der Waals surface area contributed by atoms with Crippen LogP contribution in [0.25, 0.3) is 0 Å². The van der Waals surface area contributed by atoms with Crippen molar-refractivity contribution in [2.24, 2.45) is 10.8 Å². The minimum Gasteiger partial charge on any atom is -0.444 e. The Morgan fingerprint density at radius 3 is 2.65 bits per heavy atom. The molecule has 0 saturated heterocycles. The highest BCUT2D eigenvalue weighted by molar-refractivity contribution is 9.10. The van der Waals surface area contributed by atoms with Gasteiger partial charge in [0.25, 0.3) is 0 Å². The van der Waals surface area contributed by atoms with Gasteiger partial charge in [0.1, 0.15) is 11.7 Å². The van der Waals surface area contributed by atoms with Crippen molar-refractivity contribution in [3.8, 4) is 6.07 Å². The van der Waals surface area contributed by atoms with Crippen LogP contribution < -0.4 is 16.5 Å². The van der Waals surface area contributed by atoms with Crippen LogP contribution in [-0.2, 0) is 4.74 Å². The first-order chi connectivity index (χ1) is 10.6. The predicted molar refractivity (Wildman–Crippen MR) is 92.6 cm³/mol. The Morgan fingerprint density at radius 2 is 2.13 bits per heavy atom. The Morgan fingerprint density at radius 1 is 1.48 bits per heavy atom. The monoisotopic (exact) mass is 380 g/mol. The number of carbonyl (C=O) groups is 1. The molecule has 9 heteroatoms. The summed E-state index contributed by atoms with van der Waals surface area (Å²) in [5, 5.41) is 22.3. The van der Waals surface area contributed by atoms with Crippen molar-refractivity contribution >= 4 is 44.9 Å². The molecule has 0 spiro atoms. The lowest BCUT2D eigenvalue weighted by Crippen LogP contribution is -2.27. The second kappa shape index (κ2) is 7.60. The highest BCUT2D eigenvalue weighted by Crippen LogP contribution is 2.26. The largest absolute Gasteiger partial charge is 0.444 e. The second-order valence-corrected chi connectivity index (χ2v) is 6.27. The van der Waals surface area contributed by atoms with Gasteiger partial charge < -0.3 is 10.5 Å². The highest BCUT2D eigenvalue weighted by atomic mass is 79.9. The molecule has 0 aliphatic rings. The van der Waals surface area contributed by atoms with E-state index in [2.05, 4.69) is 31.8 Å². The van der Waals surface area contributed by atoms with Crippen LogP contribution in [0.2, 0.25) is 0 Å². The van der Waals surface area contributed by atoms with Crippen LogP contribution >= 0.6 is 15.9 Å². The molecule has 0 aliphatic carbocycles. The zero-order valence-corrected chi connectivity index (χ0v) is 14.5. The number of anilines is 2. The lowest BCUT2D eigenvalue weighted by atomic mass is 10.2. The van der Waals surface area contributed by atoms with Gasteiger partial charge in [-0.3, -0.25) is 16.2 Å². The van der Waals surface area contributed by atoms with Gasteiger partial charge in [0.15, 0.2) is 5.84 Å². The van der Waals surface area contributed by atoms with Crippen molar-refractivity contribution in [3.05, 3.63) is 22.7 Å². The number of ether oxygens (including phenoxy) is 1. The van der Waals surface area contributed by atoms with Gasteiger partial charge in [-0.05, 0) is 54.9 Å². The molecule has 0 unspecified atom stereocenters. The molecule has 122 valence electrons. The lowest BCUT2D eigenvalue weighted by Gasteiger charge is -2.19. The zero-order valence-electron chi connectivity index (χ0n) is 12.9. The molecule has 1 aromatic carbocycles. The molecule has 5 N–H and O–H groups in total. The van der Waals surface area contributed by atoms with Crippen LogP contribution in [-0.4, -0.2) is 23.2 Å². The lowest BCUT2D eigenvalue weighted by molar-refractivity contribution is 0.0636. The van der Waals surface area contributed by atoms with E-state index in [0.717, 1.165) is 0 Å². The van der Waals surface area contributed by atoms with E-state index in [1.54, 1.807) is 45.0 Å². The number of hydrazone groups is 1. The maximum Gasteiger partial charge on any atom is 0.412 e. The molecular formula is C14H17BrN6O2. The van der Waals surface area contributed by atoms with E-state index in [1.807, 2.05) is 0 Å². The van der Waals surface area contributed by atoms with Gasteiger partial charge >= 0.3 is 6.09 Å². The van der Waals surface area contributed by atoms with Gasteiger partial charge in [0.05, 0.1) is 5.69 Å². The van der Waals surface area contributed by atoms with E-state index in [4.69, 9.17) is 21.1 Å². The fourth-order valence-electron chi connectivity index (χ4n) is 1.37. The molecule has 0 fully saturated rings. The average molecular weight is 381 g/mol. The van der Waals surface area contributed by atoms with Crippen LogP contribution in [0.15, 0.2) is 27.8 Å². The third-order valence-corrected chi connectivity index (χ3v) is 2.95. The smallest absolute Gasteiger partial charge is 0.412 e. The van der Waals surface area contributed by atoms with Gasteiger partial charge in [-0.15, -0.1) is 0 Å². The van der Waals surface area contributed by atoms with Crippen molar-refractivity contribution in [2.75, 3.05) is 10.7 Å². The first kappa shape index (κ1) is 18.4. The quantitative estimate of drug-likeness (QED) is 0.361. The maximum atomic E-state index is 11.7. The van der Waals surface area contributed by atoms with Crippen LogP contribution in [0.4, 0.5) is 16.2 Å². The Hall–Kier alpha value is -2.60. The topological polar surface area (TPSA) is 136 Å². The summed E-state index contributed by atoms with van der Waals surface area (Å²) in [5.41, 5.74) is 7.92. The fourth-order valence-corrected chi connectivity index (χ4v) is 1.71. The number of hydrogen-bond donors (Lipinski definition) is 4. The summed E-state index contributed by atoms with van der Waals surface area (Å²) < 4.78 is 5.81. The van der Waals surface area contributed by atoms with Crippen LogP contribution in [0.5, 0.6) is 0 Å². The molecular weight excluding hydrogens is 364 g/mol. The van der Waals surface area contributed by atoms with Gasteiger partial charge in [0.2, 0.25) is 5.71 Å². The number of halogens is 1. The molecule has 0 aromatic heterocycles. The molecule has 0 saturated carbocycles. The molecule has 0 bridgehead atoms. The minimum absolute atomic E-state index is 0.248. The molecule has 0 aliphatic heterocycles. The molecule has 0 radical (unpaired) electrons. The predicted octanol–water partition coefficient (Wildman–Crippen LogP) is 3.02. The van der Waals surface area contributed by atoms with Gasteiger partial charge in [-0.25, -0.2) is 4.79 Å². The summed E-state index contributed by atoms with van der Waals surface area (Å²) in [6.45, 7) is 5.29. The van der Waals surface area contributed by atoms with Crippen molar-refractivity contribution in [1.82, 2.24) is 0 Å². The minimum atomic E-state index is -0.603. The second-order valence-electron chi connectivity index (χ2n) is 5.42. The van der Waals surface area contributed by atoms with E-state index in [0.29, 0.717) is 15.8 Å². The van der Waals surface area contributed by atoms with E-state index in [-0.39, 0.29) is 5.71 Å². The summed E-state index contributed by atoms with van der Waals surface area (Å²) >= 11 is 3.31. The SMILES string of the molecule is CC(C)(C)OC(=O)Nc1ccc(Br)c(N/N=C(\C#N)C(=N)N)c1. The zero-order chi connectivity index (χ0) is 17.6. The standard InChI is InChI=1S/C14H17BrN6O2/c1-14(2,3)23-13(22)19-8-4-5-9(15)10(6-8)20-21-11(7-16)12(17)18/h4-6,20H,1-3H3,(H3,17,18)(H,19,22)/b21-11+. The molecule has 8 nitrogen and oxygen atoms in total. The summed E-state index contributed by atoms with van der Waals surface area (Å²) in [4.78, 5) is 11.7. The van der Waals surface area contributed by atoms with Crippen molar-refractivity contribution in [2.45, 2.75) is 26.4 Å². The maximum absolute atomic E-state index is 11.7. The average Bonchev–Trinajstić information content (AvgIpc) is 2.40. The number of amidine groups is 1. The van der Waals surface area contributed by atoms with Crippen LogP contribution in [0.1, 0.15) is 20.8 Å². The summed E-state index contributed by atoms with van der Waals surface area (Å²) in [5.74, 6) is -0.445. The summed E-state index contributed by atoms with van der Waals surface area (Å²) in [6.07, 6.45) is -0.587. The van der Waals surface area contributed by atoms with Crippen molar-refractivity contribution in [3.63, 3.8) is 0 Å². The normalized spacial score (nSPS) is 11.3. The number of amides is 1. The van der Waals surface area contributed by atoms with E-state index >= 15 is 0 Å². The third-order valence-electron chi connectivity index (χ3n) is 2.26. The molecule has 23 heavy (non-hydrogen) atoms. The number of hydrogen-bond acceptors (Lipinski definition) is 6. The molecule has 1 rings (SSSR count). The molecule has 1 amide bonds. The first-order valence-corrected chi connectivity index (χ1v) is 7.29. The number of nitrogens with two attached hydrogens (primary N) is 1. The van der Waals surface area contributed by atoms with Crippen molar-refractivity contribution in [1.29, 1.82) is 10.7 Å². The van der Waals surface area contributed by atoms with Crippen LogP contribution in [0, 0.1) is 16.7 Å². The van der Waals surface area contributed by atoms with Gasteiger partial charge in [-0.1, -0.05) is 0 Å². The fraction of sp³-hybridized carbons (Fsp3) is 0.286. The number of benzene rings is 1. The number of nitriles is 1. The number of carbonyl (C=O) groups excluding carboxylic acids is 1. The first-order valence-electron chi connectivity index (χ1n) is 6.50. The Labute approximate surface area is 142 Å². The molecule has 1 aromatic rings.